The molecular weight excluding hydrogens is 256 g/mol. The van der Waals surface area contributed by atoms with Gasteiger partial charge in [0.2, 0.25) is 11.8 Å². The van der Waals surface area contributed by atoms with Crippen molar-refractivity contribution in [3.05, 3.63) is 41.5 Å². The van der Waals surface area contributed by atoms with E-state index < -0.39 is 11.6 Å². The molecule has 0 radical (unpaired) electrons. The van der Waals surface area contributed by atoms with Crippen molar-refractivity contribution in [1.29, 1.82) is 0 Å². The van der Waals surface area contributed by atoms with Crippen LogP contribution in [0.5, 0.6) is 0 Å². The van der Waals surface area contributed by atoms with Crippen LogP contribution in [0, 0.1) is 18.6 Å². The first-order valence-corrected chi connectivity index (χ1v) is 5.58. The van der Waals surface area contributed by atoms with Crippen molar-refractivity contribution in [3.63, 3.8) is 0 Å². The fourth-order valence-electron chi connectivity index (χ4n) is 1.46. The van der Waals surface area contributed by atoms with Crippen LogP contribution < -0.4 is 5.32 Å². The Kier molecular flexibility index (Phi) is 3.84. The molecule has 0 bridgehead atoms. The van der Waals surface area contributed by atoms with Crippen LogP contribution in [0.15, 0.2) is 22.7 Å². The van der Waals surface area contributed by atoms with Crippen molar-refractivity contribution < 1.29 is 18.1 Å². The summed E-state index contributed by atoms with van der Waals surface area (Å²) in [5.41, 5.74) is 0.200. The van der Waals surface area contributed by atoms with Crippen molar-refractivity contribution in [3.8, 4) is 0 Å². The molecule has 1 aromatic carbocycles. The second kappa shape index (κ2) is 5.55. The minimum absolute atomic E-state index is 0.112. The average Bonchev–Trinajstić information content (AvgIpc) is 2.77. The first kappa shape index (κ1) is 13.1. The maximum absolute atomic E-state index is 12.9. The summed E-state index contributed by atoms with van der Waals surface area (Å²) in [6.07, 6.45) is 0.400. The fourth-order valence-corrected chi connectivity index (χ4v) is 1.46. The van der Waals surface area contributed by atoms with Gasteiger partial charge >= 0.3 is 0 Å². The lowest BCUT2D eigenvalue weighted by Crippen LogP contribution is -2.12. The van der Waals surface area contributed by atoms with E-state index in [9.17, 15) is 13.6 Å². The zero-order valence-corrected chi connectivity index (χ0v) is 10.1. The van der Waals surface area contributed by atoms with E-state index >= 15 is 0 Å². The zero-order chi connectivity index (χ0) is 13.8. The SMILES string of the molecule is Cc1noc(CCC(=O)Nc2ccc(F)c(F)c2)n1. The molecule has 0 unspecified atom stereocenters. The van der Waals surface area contributed by atoms with Crippen LogP contribution in [-0.2, 0) is 11.2 Å². The molecule has 0 aliphatic carbocycles. The highest BCUT2D eigenvalue weighted by atomic mass is 19.2. The summed E-state index contributed by atoms with van der Waals surface area (Å²) in [4.78, 5) is 15.5. The molecule has 0 aliphatic rings. The van der Waals surface area contributed by atoms with Gasteiger partial charge in [-0.25, -0.2) is 8.78 Å². The highest BCUT2D eigenvalue weighted by Crippen LogP contribution is 2.13. The number of anilines is 1. The van der Waals surface area contributed by atoms with Crippen LogP contribution in [0.1, 0.15) is 18.1 Å². The minimum atomic E-state index is -1.01. The van der Waals surface area contributed by atoms with Crippen LogP contribution in [0.25, 0.3) is 0 Å². The second-order valence-electron chi connectivity index (χ2n) is 3.91. The molecule has 1 aromatic heterocycles. The summed E-state index contributed by atoms with van der Waals surface area (Å²) in [6, 6.07) is 3.16. The number of amides is 1. The van der Waals surface area contributed by atoms with E-state index in [1.807, 2.05) is 0 Å². The number of nitrogens with zero attached hydrogens (tertiary/aromatic N) is 2. The van der Waals surface area contributed by atoms with Crippen LogP contribution in [0.2, 0.25) is 0 Å². The predicted molar refractivity (Wildman–Crippen MR) is 62.3 cm³/mol. The van der Waals surface area contributed by atoms with E-state index in [0.717, 1.165) is 12.1 Å². The largest absolute Gasteiger partial charge is 0.339 e. The van der Waals surface area contributed by atoms with Gasteiger partial charge in [0.05, 0.1) is 0 Å². The molecule has 1 amide bonds. The Morgan fingerprint density at radius 3 is 2.79 bits per heavy atom. The van der Waals surface area contributed by atoms with Crippen LogP contribution in [-0.4, -0.2) is 16.0 Å². The first-order valence-electron chi connectivity index (χ1n) is 5.58. The number of rotatable bonds is 4. The van der Waals surface area contributed by atoms with Gasteiger partial charge in [-0.05, 0) is 19.1 Å². The van der Waals surface area contributed by atoms with Crippen LogP contribution >= 0.6 is 0 Å². The lowest BCUT2D eigenvalue weighted by molar-refractivity contribution is -0.116. The van der Waals surface area contributed by atoms with Gasteiger partial charge in [0.15, 0.2) is 17.5 Å². The molecule has 0 saturated carbocycles. The van der Waals surface area contributed by atoms with Gasteiger partial charge in [-0.3, -0.25) is 4.79 Å². The molecule has 19 heavy (non-hydrogen) atoms. The lowest BCUT2D eigenvalue weighted by atomic mass is 10.2. The Hall–Kier alpha value is -2.31. The summed E-state index contributed by atoms with van der Waals surface area (Å²) < 4.78 is 30.5. The van der Waals surface area contributed by atoms with Crippen molar-refractivity contribution in [1.82, 2.24) is 10.1 Å². The van der Waals surface area contributed by atoms with Gasteiger partial charge < -0.3 is 9.84 Å². The van der Waals surface area contributed by atoms with E-state index in [1.54, 1.807) is 6.92 Å². The number of nitrogens with one attached hydrogen (secondary N) is 1. The van der Waals surface area contributed by atoms with E-state index in [-0.39, 0.29) is 24.4 Å². The third-order valence-electron chi connectivity index (χ3n) is 2.34. The Bertz CT molecular complexity index is 598. The van der Waals surface area contributed by atoms with E-state index in [0.29, 0.717) is 11.7 Å². The van der Waals surface area contributed by atoms with Gasteiger partial charge in [-0.1, -0.05) is 5.16 Å². The van der Waals surface area contributed by atoms with Crippen molar-refractivity contribution in [2.45, 2.75) is 19.8 Å². The van der Waals surface area contributed by atoms with E-state index in [2.05, 4.69) is 15.5 Å². The normalized spacial score (nSPS) is 10.5. The van der Waals surface area contributed by atoms with Crippen molar-refractivity contribution in [2.24, 2.45) is 0 Å². The molecule has 100 valence electrons. The number of benzene rings is 1. The summed E-state index contributed by atoms with van der Waals surface area (Å²) in [7, 11) is 0. The number of hydrogen-bond acceptors (Lipinski definition) is 4. The molecule has 2 aromatic rings. The Balaban J connectivity index is 1.88. The van der Waals surface area contributed by atoms with Gasteiger partial charge in [0.1, 0.15) is 0 Å². The monoisotopic (exact) mass is 267 g/mol. The first-order chi connectivity index (χ1) is 9.04. The highest BCUT2D eigenvalue weighted by Gasteiger charge is 2.09. The number of halogens is 2. The Labute approximate surface area is 107 Å². The highest BCUT2D eigenvalue weighted by molar-refractivity contribution is 5.90. The van der Waals surface area contributed by atoms with Gasteiger partial charge in [0.25, 0.3) is 0 Å². The van der Waals surface area contributed by atoms with Crippen LogP contribution in [0.4, 0.5) is 14.5 Å². The Morgan fingerprint density at radius 2 is 2.16 bits per heavy atom. The summed E-state index contributed by atoms with van der Waals surface area (Å²) in [5, 5.41) is 6.04. The van der Waals surface area contributed by atoms with Gasteiger partial charge in [0, 0.05) is 24.6 Å². The number of carbonyl (C=O) groups excluding carboxylic acids is 1. The summed E-state index contributed by atoms with van der Waals surface area (Å²) in [6.45, 7) is 1.67. The maximum Gasteiger partial charge on any atom is 0.227 e. The van der Waals surface area contributed by atoms with Gasteiger partial charge in [-0.15, -0.1) is 0 Å². The smallest absolute Gasteiger partial charge is 0.227 e. The van der Waals surface area contributed by atoms with E-state index in [1.165, 1.54) is 6.07 Å². The number of aromatic nitrogens is 2. The maximum atomic E-state index is 12.9. The molecule has 5 nitrogen and oxygen atoms in total. The molecular formula is C12H11F2N3O2. The number of carbonyl (C=O) groups is 1. The zero-order valence-electron chi connectivity index (χ0n) is 10.1. The third-order valence-corrected chi connectivity index (χ3v) is 2.34. The molecule has 0 spiro atoms. The molecule has 0 saturated heterocycles. The molecule has 0 aliphatic heterocycles. The van der Waals surface area contributed by atoms with Crippen LogP contribution in [0.3, 0.4) is 0 Å². The predicted octanol–water partition coefficient (Wildman–Crippen LogP) is 2.23. The fraction of sp³-hybridized carbons (Fsp3) is 0.250. The van der Waals surface area contributed by atoms with Crippen molar-refractivity contribution in [2.75, 3.05) is 5.32 Å². The molecule has 7 heteroatoms. The molecule has 0 fully saturated rings. The number of hydrogen-bond donors (Lipinski definition) is 1. The summed E-state index contributed by atoms with van der Waals surface area (Å²) in [5.74, 6) is -1.46. The molecule has 1 N–H and O–H groups in total. The molecule has 1 heterocycles. The van der Waals surface area contributed by atoms with E-state index in [4.69, 9.17) is 4.52 Å². The molecule has 2 rings (SSSR count). The average molecular weight is 267 g/mol. The van der Waals surface area contributed by atoms with Gasteiger partial charge in [-0.2, -0.15) is 4.98 Å². The molecule has 0 atom stereocenters. The standard InChI is InChI=1S/C12H11F2N3O2/c1-7-15-12(19-17-7)5-4-11(18)16-8-2-3-9(13)10(14)6-8/h2-3,6H,4-5H2,1H3,(H,16,18). The number of aryl methyl sites for hydroxylation is 2. The second-order valence-corrected chi connectivity index (χ2v) is 3.91. The Morgan fingerprint density at radius 1 is 1.37 bits per heavy atom. The lowest BCUT2D eigenvalue weighted by Gasteiger charge is -2.04. The summed E-state index contributed by atoms with van der Waals surface area (Å²) >= 11 is 0. The minimum Gasteiger partial charge on any atom is -0.339 e. The van der Waals surface area contributed by atoms with Crippen molar-refractivity contribution >= 4 is 11.6 Å². The topological polar surface area (TPSA) is 68.0 Å². The third kappa shape index (κ3) is 3.57. The quantitative estimate of drug-likeness (QED) is 0.922.